The molecule has 2 rings (SSSR count). The Labute approximate surface area is 125 Å². The highest BCUT2D eigenvalue weighted by molar-refractivity contribution is 7.91. The maximum atomic E-state index is 12.3. The van der Waals surface area contributed by atoms with Gasteiger partial charge in [-0.25, -0.2) is 8.42 Å². The van der Waals surface area contributed by atoms with Crippen molar-refractivity contribution in [1.82, 2.24) is 4.90 Å². The molecule has 0 amide bonds. The van der Waals surface area contributed by atoms with Gasteiger partial charge in [0.2, 0.25) is 0 Å². The SMILES string of the molecule is CC1CN(CCS(=O)(=O)c2cccc(C#N)c2)CCC1O. The number of aliphatic hydroxyl groups is 1. The smallest absolute Gasteiger partial charge is 0.179 e. The molecule has 1 aliphatic rings. The summed E-state index contributed by atoms with van der Waals surface area (Å²) in [6, 6.07) is 8.07. The van der Waals surface area contributed by atoms with Crippen LogP contribution in [0.25, 0.3) is 0 Å². The molecule has 1 N–H and O–H groups in total. The van der Waals surface area contributed by atoms with Crippen LogP contribution < -0.4 is 0 Å². The van der Waals surface area contributed by atoms with E-state index in [4.69, 9.17) is 5.26 Å². The Morgan fingerprint density at radius 1 is 1.48 bits per heavy atom. The zero-order chi connectivity index (χ0) is 15.5. The van der Waals surface area contributed by atoms with Crippen molar-refractivity contribution in [2.45, 2.75) is 24.3 Å². The molecule has 0 aliphatic carbocycles. The quantitative estimate of drug-likeness (QED) is 0.898. The molecule has 1 fully saturated rings. The molecule has 2 unspecified atom stereocenters. The van der Waals surface area contributed by atoms with Crippen molar-refractivity contribution in [2.75, 3.05) is 25.4 Å². The molecule has 6 heteroatoms. The lowest BCUT2D eigenvalue weighted by atomic mass is 9.97. The first-order chi connectivity index (χ1) is 9.92. The number of benzene rings is 1. The van der Waals surface area contributed by atoms with Crippen LogP contribution >= 0.6 is 0 Å². The summed E-state index contributed by atoms with van der Waals surface area (Å²) in [5, 5.41) is 18.5. The fourth-order valence-corrected chi connectivity index (χ4v) is 3.88. The Kier molecular flexibility index (Phi) is 4.99. The van der Waals surface area contributed by atoms with Crippen LogP contribution in [0, 0.1) is 17.2 Å². The second kappa shape index (κ2) is 6.56. The van der Waals surface area contributed by atoms with E-state index in [9.17, 15) is 13.5 Å². The van der Waals surface area contributed by atoms with E-state index in [2.05, 4.69) is 4.90 Å². The number of rotatable bonds is 4. The van der Waals surface area contributed by atoms with Gasteiger partial charge in [-0.1, -0.05) is 13.0 Å². The lowest BCUT2D eigenvalue weighted by Gasteiger charge is -2.34. The summed E-state index contributed by atoms with van der Waals surface area (Å²) in [7, 11) is -3.38. The van der Waals surface area contributed by atoms with Crippen LogP contribution in [0.1, 0.15) is 18.9 Å². The van der Waals surface area contributed by atoms with Gasteiger partial charge < -0.3 is 10.0 Å². The lowest BCUT2D eigenvalue weighted by molar-refractivity contribution is 0.0375. The molecule has 0 radical (unpaired) electrons. The van der Waals surface area contributed by atoms with Crippen LogP contribution in [-0.2, 0) is 9.84 Å². The summed E-state index contributed by atoms with van der Waals surface area (Å²) >= 11 is 0. The number of aliphatic hydroxyl groups excluding tert-OH is 1. The second-order valence-electron chi connectivity index (χ2n) is 5.59. The number of hydrogen-bond acceptors (Lipinski definition) is 5. The van der Waals surface area contributed by atoms with Crippen molar-refractivity contribution in [3.05, 3.63) is 29.8 Å². The normalized spacial score (nSPS) is 23.7. The highest BCUT2D eigenvalue weighted by Crippen LogP contribution is 2.18. The minimum absolute atomic E-state index is 0.0324. The van der Waals surface area contributed by atoms with Gasteiger partial charge in [0.1, 0.15) is 0 Å². The highest BCUT2D eigenvalue weighted by Gasteiger charge is 2.25. The van der Waals surface area contributed by atoms with Crippen molar-refractivity contribution in [3.63, 3.8) is 0 Å². The highest BCUT2D eigenvalue weighted by atomic mass is 32.2. The van der Waals surface area contributed by atoms with E-state index < -0.39 is 9.84 Å². The van der Waals surface area contributed by atoms with Crippen LogP contribution in [0.3, 0.4) is 0 Å². The number of likely N-dealkylation sites (tertiary alicyclic amines) is 1. The van der Waals surface area contributed by atoms with Crippen molar-refractivity contribution in [2.24, 2.45) is 5.92 Å². The molecule has 1 aromatic rings. The Bertz CT molecular complexity index is 637. The van der Waals surface area contributed by atoms with Crippen molar-refractivity contribution < 1.29 is 13.5 Å². The first-order valence-electron chi connectivity index (χ1n) is 7.06. The predicted octanol–water partition coefficient (Wildman–Crippen LogP) is 1.03. The van der Waals surface area contributed by atoms with Gasteiger partial charge in [0.05, 0.1) is 28.4 Å². The molecule has 0 aromatic heterocycles. The lowest BCUT2D eigenvalue weighted by Crippen LogP contribution is -2.43. The fourth-order valence-electron chi connectivity index (χ4n) is 2.55. The molecule has 1 heterocycles. The molecule has 5 nitrogen and oxygen atoms in total. The third-order valence-corrected chi connectivity index (χ3v) is 5.63. The number of sulfone groups is 1. The van der Waals surface area contributed by atoms with Crippen LogP contribution in [0.2, 0.25) is 0 Å². The summed E-state index contributed by atoms with van der Waals surface area (Å²) in [6.07, 6.45) is 0.399. The second-order valence-corrected chi connectivity index (χ2v) is 7.70. The van der Waals surface area contributed by atoms with Gasteiger partial charge in [0, 0.05) is 19.6 Å². The zero-order valence-corrected chi connectivity index (χ0v) is 12.9. The Balaban J connectivity index is 2.00. The summed E-state index contributed by atoms with van der Waals surface area (Å²) in [6.45, 7) is 3.87. The average molecular weight is 308 g/mol. The van der Waals surface area contributed by atoms with E-state index >= 15 is 0 Å². The average Bonchev–Trinajstić information content (AvgIpc) is 2.48. The van der Waals surface area contributed by atoms with Gasteiger partial charge in [0.25, 0.3) is 0 Å². The predicted molar refractivity (Wildman–Crippen MR) is 79.4 cm³/mol. The van der Waals surface area contributed by atoms with Gasteiger partial charge in [-0.3, -0.25) is 0 Å². The van der Waals surface area contributed by atoms with E-state index in [-0.39, 0.29) is 22.7 Å². The molecule has 1 saturated heterocycles. The number of piperidine rings is 1. The summed E-state index contributed by atoms with van der Waals surface area (Å²) in [5.41, 5.74) is 0.353. The number of nitriles is 1. The third kappa shape index (κ3) is 4.03. The molecular formula is C15H20N2O3S. The Morgan fingerprint density at radius 2 is 2.24 bits per heavy atom. The first-order valence-corrected chi connectivity index (χ1v) is 8.71. The standard InChI is InChI=1S/C15H20N2O3S/c1-12-11-17(6-5-15(12)18)7-8-21(19,20)14-4-2-3-13(9-14)10-16/h2-4,9,12,15,18H,5-8,11H2,1H3. The van der Waals surface area contributed by atoms with Crippen LogP contribution in [0.15, 0.2) is 29.2 Å². The first kappa shape index (κ1) is 16.0. The molecule has 114 valence electrons. The molecule has 1 aliphatic heterocycles. The molecule has 2 atom stereocenters. The molecule has 0 spiro atoms. The van der Waals surface area contributed by atoms with E-state index in [1.807, 2.05) is 13.0 Å². The van der Waals surface area contributed by atoms with Crippen LogP contribution in [0.5, 0.6) is 0 Å². The van der Waals surface area contributed by atoms with Crippen molar-refractivity contribution >= 4 is 9.84 Å². The fraction of sp³-hybridized carbons (Fsp3) is 0.533. The minimum atomic E-state index is -3.38. The largest absolute Gasteiger partial charge is 0.393 e. The topological polar surface area (TPSA) is 81.4 Å². The summed E-state index contributed by atoms with van der Waals surface area (Å²) in [5.74, 6) is 0.202. The van der Waals surface area contributed by atoms with Crippen molar-refractivity contribution in [1.29, 1.82) is 5.26 Å². The molecule has 0 saturated carbocycles. The van der Waals surface area contributed by atoms with Crippen molar-refractivity contribution in [3.8, 4) is 6.07 Å². The Hall–Kier alpha value is -1.42. The Morgan fingerprint density at radius 3 is 2.90 bits per heavy atom. The number of hydrogen-bond donors (Lipinski definition) is 1. The van der Waals surface area contributed by atoms with E-state index in [1.54, 1.807) is 12.1 Å². The minimum Gasteiger partial charge on any atom is -0.393 e. The van der Waals surface area contributed by atoms with E-state index in [0.717, 1.165) is 13.1 Å². The van der Waals surface area contributed by atoms with Gasteiger partial charge in [-0.2, -0.15) is 5.26 Å². The van der Waals surface area contributed by atoms with Gasteiger partial charge in [0.15, 0.2) is 9.84 Å². The maximum Gasteiger partial charge on any atom is 0.179 e. The molecule has 1 aromatic carbocycles. The van der Waals surface area contributed by atoms with Gasteiger partial charge in [-0.05, 0) is 30.5 Å². The van der Waals surface area contributed by atoms with Crippen LogP contribution in [-0.4, -0.2) is 49.9 Å². The van der Waals surface area contributed by atoms with E-state index in [0.29, 0.717) is 18.5 Å². The summed E-state index contributed by atoms with van der Waals surface area (Å²) < 4.78 is 24.6. The molecule has 21 heavy (non-hydrogen) atoms. The van der Waals surface area contributed by atoms with E-state index in [1.165, 1.54) is 12.1 Å². The van der Waals surface area contributed by atoms with Gasteiger partial charge >= 0.3 is 0 Å². The third-order valence-electron chi connectivity index (χ3n) is 3.94. The zero-order valence-electron chi connectivity index (χ0n) is 12.1. The molecular weight excluding hydrogens is 288 g/mol. The maximum absolute atomic E-state index is 12.3. The monoisotopic (exact) mass is 308 g/mol. The summed E-state index contributed by atoms with van der Waals surface area (Å²) in [4.78, 5) is 2.27. The number of nitrogens with zero attached hydrogens (tertiary/aromatic N) is 2. The molecule has 0 bridgehead atoms. The van der Waals surface area contributed by atoms with Crippen LogP contribution in [0.4, 0.5) is 0 Å². The van der Waals surface area contributed by atoms with Gasteiger partial charge in [-0.15, -0.1) is 0 Å².